The minimum atomic E-state index is 0.480. The van der Waals surface area contributed by atoms with Crippen LogP contribution in [0, 0.1) is 11.3 Å². The average Bonchev–Trinajstić information content (AvgIpc) is 2.56. The summed E-state index contributed by atoms with van der Waals surface area (Å²) in [6.07, 6.45) is 0.480. The van der Waals surface area contributed by atoms with Gasteiger partial charge in [0.25, 0.3) is 0 Å². The second-order valence-corrected chi connectivity index (χ2v) is 4.54. The fourth-order valence-electron chi connectivity index (χ4n) is 2.06. The molecule has 2 aromatic rings. The number of anilines is 2. The Morgan fingerprint density at radius 2 is 2.00 bits per heavy atom. The van der Waals surface area contributed by atoms with Gasteiger partial charge in [-0.25, -0.2) is 9.97 Å². The first kappa shape index (κ1) is 14.8. The van der Waals surface area contributed by atoms with Crippen molar-refractivity contribution >= 4 is 11.6 Å². The lowest BCUT2D eigenvalue weighted by atomic mass is 10.2. The van der Waals surface area contributed by atoms with Crippen molar-refractivity contribution in [3.05, 3.63) is 36.4 Å². The number of nitrogens with zero attached hydrogens (tertiary/aromatic N) is 4. The molecule has 1 heterocycles. The number of benzene rings is 1. The standard InChI is InChI=1S/C16H19N5/c1-3-21(11-7-10-17)15-12-14(18-2)19-16(20-15)13-8-5-4-6-9-13/h4-6,8-9,12H,3,7,11H2,1-2H3,(H,18,19,20). The maximum absolute atomic E-state index is 8.77. The first-order chi connectivity index (χ1) is 10.3. The smallest absolute Gasteiger partial charge is 0.163 e. The van der Waals surface area contributed by atoms with Crippen molar-refractivity contribution in [2.45, 2.75) is 13.3 Å². The molecule has 5 nitrogen and oxygen atoms in total. The van der Waals surface area contributed by atoms with Gasteiger partial charge in [0.2, 0.25) is 0 Å². The van der Waals surface area contributed by atoms with Crippen molar-refractivity contribution in [1.82, 2.24) is 9.97 Å². The van der Waals surface area contributed by atoms with Crippen LogP contribution < -0.4 is 10.2 Å². The normalized spacial score (nSPS) is 9.95. The minimum Gasteiger partial charge on any atom is -0.373 e. The van der Waals surface area contributed by atoms with Crippen LogP contribution in [0.3, 0.4) is 0 Å². The van der Waals surface area contributed by atoms with Crippen LogP contribution in [-0.2, 0) is 0 Å². The highest BCUT2D eigenvalue weighted by Gasteiger charge is 2.11. The van der Waals surface area contributed by atoms with E-state index < -0.39 is 0 Å². The van der Waals surface area contributed by atoms with Crippen molar-refractivity contribution in [3.63, 3.8) is 0 Å². The van der Waals surface area contributed by atoms with Crippen LogP contribution in [0.15, 0.2) is 36.4 Å². The van der Waals surface area contributed by atoms with Crippen LogP contribution in [0.2, 0.25) is 0 Å². The van der Waals surface area contributed by atoms with Crippen molar-refractivity contribution in [2.75, 3.05) is 30.4 Å². The summed E-state index contributed by atoms with van der Waals surface area (Å²) in [4.78, 5) is 11.2. The quantitative estimate of drug-likeness (QED) is 0.882. The number of hydrogen-bond acceptors (Lipinski definition) is 5. The number of aromatic nitrogens is 2. The highest BCUT2D eigenvalue weighted by Crippen LogP contribution is 2.22. The third kappa shape index (κ3) is 3.69. The minimum absolute atomic E-state index is 0.480. The van der Waals surface area contributed by atoms with Crippen molar-refractivity contribution in [1.29, 1.82) is 5.26 Å². The highest BCUT2D eigenvalue weighted by molar-refractivity contribution is 5.61. The predicted octanol–water partition coefficient (Wildman–Crippen LogP) is 2.93. The van der Waals surface area contributed by atoms with E-state index in [0.29, 0.717) is 18.8 Å². The van der Waals surface area contributed by atoms with E-state index in [9.17, 15) is 0 Å². The molecular formula is C16H19N5. The number of nitriles is 1. The van der Waals surface area contributed by atoms with Crippen molar-refractivity contribution in [3.8, 4) is 17.5 Å². The zero-order chi connectivity index (χ0) is 15.1. The zero-order valence-electron chi connectivity index (χ0n) is 12.4. The Bertz CT molecular complexity index is 618. The molecule has 0 fully saturated rings. The summed E-state index contributed by atoms with van der Waals surface area (Å²) in [6, 6.07) is 14.0. The SMILES string of the molecule is CCN(CCC#N)c1cc(NC)nc(-c2ccccc2)n1. The fraction of sp³-hybridized carbons (Fsp3) is 0.312. The molecule has 1 aromatic carbocycles. The lowest BCUT2D eigenvalue weighted by Crippen LogP contribution is -2.25. The van der Waals surface area contributed by atoms with Crippen LogP contribution in [0.4, 0.5) is 11.6 Å². The average molecular weight is 281 g/mol. The Morgan fingerprint density at radius 3 is 2.62 bits per heavy atom. The van der Waals surface area contributed by atoms with Crippen LogP contribution in [0.25, 0.3) is 11.4 Å². The first-order valence-corrected chi connectivity index (χ1v) is 7.02. The van der Waals surface area contributed by atoms with E-state index in [1.807, 2.05) is 43.4 Å². The molecule has 0 amide bonds. The molecule has 5 heteroatoms. The zero-order valence-corrected chi connectivity index (χ0v) is 12.4. The van der Waals surface area contributed by atoms with E-state index in [1.54, 1.807) is 0 Å². The van der Waals surface area contributed by atoms with Gasteiger partial charge in [0.1, 0.15) is 11.6 Å². The van der Waals surface area contributed by atoms with Gasteiger partial charge in [-0.15, -0.1) is 0 Å². The topological polar surface area (TPSA) is 64.8 Å². The Labute approximate surface area is 125 Å². The van der Waals surface area contributed by atoms with E-state index in [2.05, 4.69) is 33.2 Å². The Hall–Kier alpha value is -2.61. The molecule has 0 bridgehead atoms. The van der Waals surface area contributed by atoms with Gasteiger partial charge in [-0.3, -0.25) is 0 Å². The summed E-state index contributed by atoms with van der Waals surface area (Å²) in [6.45, 7) is 3.53. The molecule has 0 spiro atoms. The molecule has 0 radical (unpaired) electrons. The molecule has 0 atom stereocenters. The summed E-state index contributed by atoms with van der Waals surface area (Å²) in [7, 11) is 1.84. The summed E-state index contributed by atoms with van der Waals surface area (Å²) in [5.41, 5.74) is 0.979. The molecule has 0 unspecified atom stereocenters. The van der Waals surface area contributed by atoms with Crippen LogP contribution in [0.5, 0.6) is 0 Å². The number of rotatable bonds is 6. The molecule has 0 aliphatic heterocycles. The summed E-state index contributed by atoms with van der Waals surface area (Å²) >= 11 is 0. The Kier molecular flexibility index (Phi) is 5.10. The summed E-state index contributed by atoms with van der Waals surface area (Å²) < 4.78 is 0. The first-order valence-electron chi connectivity index (χ1n) is 7.02. The molecule has 2 rings (SSSR count). The second kappa shape index (κ2) is 7.25. The molecular weight excluding hydrogens is 262 g/mol. The fourth-order valence-corrected chi connectivity index (χ4v) is 2.06. The van der Waals surface area contributed by atoms with Gasteiger partial charge in [0.15, 0.2) is 5.82 Å². The Morgan fingerprint density at radius 1 is 1.24 bits per heavy atom. The molecule has 0 saturated carbocycles. The van der Waals surface area contributed by atoms with Gasteiger partial charge in [-0.1, -0.05) is 30.3 Å². The highest BCUT2D eigenvalue weighted by atomic mass is 15.2. The molecule has 1 aromatic heterocycles. The van der Waals surface area contributed by atoms with Crippen LogP contribution in [-0.4, -0.2) is 30.1 Å². The monoisotopic (exact) mass is 281 g/mol. The lowest BCUT2D eigenvalue weighted by molar-refractivity contribution is 0.809. The van der Waals surface area contributed by atoms with E-state index in [0.717, 1.165) is 23.7 Å². The maximum atomic E-state index is 8.77. The van der Waals surface area contributed by atoms with E-state index in [4.69, 9.17) is 5.26 Å². The van der Waals surface area contributed by atoms with Gasteiger partial charge in [0, 0.05) is 31.8 Å². The van der Waals surface area contributed by atoms with Gasteiger partial charge < -0.3 is 10.2 Å². The van der Waals surface area contributed by atoms with Gasteiger partial charge >= 0.3 is 0 Å². The van der Waals surface area contributed by atoms with Crippen LogP contribution in [0.1, 0.15) is 13.3 Å². The molecule has 1 N–H and O–H groups in total. The summed E-state index contributed by atoms with van der Waals surface area (Å²) in [5.74, 6) is 2.30. The molecule has 0 aliphatic carbocycles. The molecule has 0 saturated heterocycles. The molecule has 21 heavy (non-hydrogen) atoms. The van der Waals surface area contributed by atoms with E-state index in [-0.39, 0.29) is 0 Å². The van der Waals surface area contributed by atoms with Gasteiger partial charge in [0.05, 0.1) is 12.5 Å². The van der Waals surface area contributed by atoms with Gasteiger partial charge in [-0.2, -0.15) is 5.26 Å². The van der Waals surface area contributed by atoms with Crippen LogP contribution >= 0.6 is 0 Å². The second-order valence-electron chi connectivity index (χ2n) is 4.54. The maximum Gasteiger partial charge on any atom is 0.163 e. The lowest BCUT2D eigenvalue weighted by Gasteiger charge is -2.21. The predicted molar refractivity (Wildman–Crippen MR) is 85.1 cm³/mol. The van der Waals surface area contributed by atoms with Crippen molar-refractivity contribution < 1.29 is 0 Å². The Balaban J connectivity index is 2.40. The number of nitrogens with one attached hydrogen (secondary N) is 1. The number of hydrogen-bond donors (Lipinski definition) is 1. The van der Waals surface area contributed by atoms with E-state index in [1.165, 1.54) is 0 Å². The third-order valence-corrected chi connectivity index (χ3v) is 3.20. The van der Waals surface area contributed by atoms with E-state index >= 15 is 0 Å². The van der Waals surface area contributed by atoms with Gasteiger partial charge in [-0.05, 0) is 6.92 Å². The molecule has 0 aliphatic rings. The summed E-state index contributed by atoms with van der Waals surface area (Å²) in [5, 5.41) is 11.8. The third-order valence-electron chi connectivity index (χ3n) is 3.20. The largest absolute Gasteiger partial charge is 0.373 e. The van der Waals surface area contributed by atoms with Crippen molar-refractivity contribution in [2.24, 2.45) is 0 Å². The molecule has 108 valence electrons.